The number of fused-ring (bicyclic) bond motifs is 1. The number of hydrogen-bond acceptors (Lipinski definition) is 2. The zero-order valence-corrected chi connectivity index (χ0v) is 8.61. The molecule has 2 nitrogen and oxygen atoms in total. The fraction of sp³-hybridized carbons (Fsp3) is 0.250. The molecule has 0 aliphatic carbocycles. The third-order valence-corrected chi connectivity index (χ3v) is 2.74. The van der Waals surface area contributed by atoms with Crippen molar-refractivity contribution in [1.29, 1.82) is 0 Å². The SMILES string of the molecule is ClC1CNNc2ccc(Br)cc21. The van der Waals surface area contributed by atoms with Crippen molar-refractivity contribution >= 4 is 33.2 Å². The molecule has 2 N–H and O–H groups in total. The van der Waals surface area contributed by atoms with Crippen LogP contribution in [0, 0.1) is 0 Å². The summed E-state index contributed by atoms with van der Waals surface area (Å²) in [4.78, 5) is 0. The van der Waals surface area contributed by atoms with Gasteiger partial charge < -0.3 is 5.43 Å². The fourth-order valence-corrected chi connectivity index (χ4v) is 1.89. The quantitative estimate of drug-likeness (QED) is 0.689. The lowest BCUT2D eigenvalue weighted by Gasteiger charge is -2.23. The first kappa shape index (κ1) is 8.35. The van der Waals surface area contributed by atoms with Gasteiger partial charge in [-0.2, -0.15) is 0 Å². The largest absolute Gasteiger partial charge is 0.321 e. The van der Waals surface area contributed by atoms with Gasteiger partial charge in [0, 0.05) is 11.0 Å². The lowest BCUT2D eigenvalue weighted by atomic mass is 10.1. The number of benzene rings is 1. The van der Waals surface area contributed by atoms with Crippen LogP contribution < -0.4 is 10.9 Å². The summed E-state index contributed by atoms with van der Waals surface area (Å²) in [7, 11) is 0. The van der Waals surface area contributed by atoms with E-state index >= 15 is 0 Å². The fourth-order valence-electron chi connectivity index (χ4n) is 1.25. The van der Waals surface area contributed by atoms with Gasteiger partial charge in [-0.25, -0.2) is 5.43 Å². The Morgan fingerprint density at radius 2 is 2.33 bits per heavy atom. The third-order valence-electron chi connectivity index (χ3n) is 1.86. The van der Waals surface area contributed by atoms with Crippen LogP contribution in [0.4, 0.5) is 5.69 Å². The maximum Gasteiger partial charge on any atom is 0.0748 e. The Hall–Kier alpha value is -0.250. The highest BCUT2D eigenvalue weighted by Crippen LogP contribution is 2.31. The zero-order chi connectivity index (χ0) is 8.55. The predicted molar refractivity (Wildman–Crippen MR) is 54.4 cm³/mol. The summed E-state index contributed by atoms with van der Waals surface area (Å²) in [6.07, 6.45) is 0. The molecule has 0 radical (unpaired) electrons. The number of nitrogens with one attached hydrogen (secondary N) is 2. The van der Waals surface area contributed by atoms with Gasteiger partial charge in [0.25, 0.3) is 0 Å². The van der Waals surface area contributed by atoms with E-state index < -0.39 is 0 Å². The molecule has 0 amide bonds. The molecular formula is C8H8BrClN2. The predicted octanol–water partition coefficient (Wildman–Crippen LogP) is 2.66. The van der Waals surface area contributed by atoms with Gasteiger partial charge in [0.2, 0.25) is 0 Å². The molecule has 0 saturated heterocycles. The van der Waals surface area contributed by atoms with Gasteiger partial charge in [-0.05, 0) is 23.8 Å². The molecular weight excluding hydrogens is 239 g/mol. The normalized spacial score (nSPS) is 21.3. The second-order valence-corrected chi connectivity index (χ2v) is 4.15. The van der Waals surface area contributed by atoms with Crippen molar-refractivity contribution in [1.82, 2.24) is 5.43 Å². The van der Waals surface area contributed by atoms with Gasteiger partial charge in [-0.3, -0.25) is 0 Å². The summed E-state index contributed by atoms with van der Waals surface area (Å²) in [6, 6.07) is 6.03. The van der Waals surface area contributed by atoms with Crippen LogP contribution in [0.1, 0.15) is 10.9 Å². The Bertz CT molecular complexity index is 303. The standard InChI is InChI=1S/C8H8BrClN2/c9-5-1-2-8-6(3-5)7(10)4-11-12-8/h1-3,7,11-12H,4H2. The number of anilines is 1. The molecule has 0 spiro atoms. The van der Waals surface area contributed by atoms with Gasteiger partial charge in [0.05, 0.1) is 11.1 Å². The third kappa shape index (κ3) is 1.44. The lowest BCUT2D eigenvalue weighted by molar-refractivity contribution is 0.728. The van der Waals surface area contributed by atoms with Crippen molar-refractivity contribution in [3.63, 3.8) is 0 Å². The summed E-state index contributed by atoms with van der Waals surface area (Å²) < 4.78 is 1.07. The second-order valence-electron chi connectivity index (χ2n) is 2.71. The topological polar surface area (TPSA) is 24.1 Å². The summed E-state index contributed by atoms with van der Waals surface area (Å²) in [6.45, 7) is 0.755. The first-order chi connectivity index (χ1) is 5.77. The molecule has 1 unspecified atom stereocenters. The van der Waals surface area contributed by atoms with Gasteiger partial charge in [0.15, 0.2) is 0 Å². The summed E-state index contributed by atoms with van der Waals surface area (Å²) in [5.41, 5.74) is 8.28. The first-order valence-electron chi connectivity index (χ1n) is 3.70. The molecule has 1 aromatic carbocycles. The van der Waals surface area contributed by atoms with Crippen LogP contribution in [-0.2, 0) is 0 Å². The Balaban J connectivity index is 2.47. The first-order valence-corrected chi connectivity index (χ1v) is 4.93. The van der Waals surface area contributed by atoms with Crippen molar-refractivity contribution in [2.75, 3.05) is 12.0 Å². The molecule has 0 saturated carbocycles. The Labute approximate surface area is 84.4 Å². The van der Waals surface area contributed by atoms with Crippen molar-refractivity contribution in [3.8, 4) is 0 Å². The molecule has 0 bridgehead atoms. The molecule has 4 heteroatoms. The minimum Gasteiger partial charge on any atom is -0.321 e. The minimum absolute atomic E-state index is 0.0544. The molecule has 2 rings (SSSR count). The van der Waals surface area contributed by atoms with Crippen molar-refractivity contribution in [2.24, 2.45) is 0 Å². The molecule has 0 fully saturated rings. The summed E-state index contributed by atoms with van der Waals surface area (Å²) in [5, 5.41) is 0.0544. The van der Waals surface area contributed by atoms with Crippen LogP contribution in [0.3, 0.4) is 0 Å². The van der Waals surface area contributed by atoms with Crippen LogP contribution in [0.25, 0.3) is 0 Å². The molecule has 1 aromatic rings. The van der Waals surface area contributed by atoms with E-state index in [-0.39, 0.29) is 5.38 Å². The van der Waals surface area contributed by atoms with Crippen molar-refractivity contribution in [2.45, 2.75) is 5.38 Å². The Morgan fingerprint density at radius 3 is 3.17 bits per heavy atom. The van der Waals surface area contributed by atoms with Gasteiger partial charge in [-0.1, -0.05) is 15.9 Å². The van der Waals surface area contributed by atoms with E-state index in [9.17, 15) is 0 Å². The van der Waals surface area contributed by atoms with Crippen LogP contribution in [0.15, 0.2) is 22.7 Å². The molecule has 12 heavy (non-hydrogen) atoms. The van der Waals surface area contributed by atoms with Gasteiger partial charge in [0.1, 0.15) is 0 Å². The zero-order valence-electron chi connectivity index (χ0n) is 6.27. The second kappa shape index (κ2) is 3.24. The molecule has 1 atom stereocenters. The minimum atomic E-state index is 0.0544. The van der Waals surface area contributed by atoms with E-state index in [1.165, 1.54) is 0 Å². The molecule has 1 heterocycles. The van der Waals surface area contributed by atoms with Gasteiger partial charge in [-0.15, -0.1) is 11.6 Å². The van der Waals surface area contributed by atoms with E-state index in [0.29, 0.717) is 0 Å². The number of hydrazine groups is 1. The maximum atomic E-state index is 6.10. The average molecular weight is 248 g/mol. The Morgan fingerprint density at radius 1 is 1.50 bits per heavy atom. The summed E-state index contributed by atoms with van der Waals surface area (Å²) in [5.74, 6) is 0. The lowest BCUT2D eigenvalue weighted by Crippen LogP contribution is -2.30. The van der Waals surface area contributed by atoms with E-state index in [1.54, 1.807) is 0 Å². The molecule has 1 aliphatic heterocycles. The van der Waals surface area contributed by atoms with Crippen LogP contribution in [0.5, 0.6) is 0 Å². The maximum absolute atomic E-state index is 6.10. The van der Waals surface area contributed by atoms with Gasteiger partial charge >= 0.3 is 0 Å². The van der Waals surface area contributed by atoms with Crippen LogP contribution >= 0.6 is 27.5 Å². The molecule has 64 valence electrons. The average Bonchev–Trinajstić information content (AvgIpc) is 2.07. The summed E-state index contributed by atoms with van der Waals surface area (Å²) >= 11 is 9.51. The van der Waals surface area contributed by atoms with E-state index in [4.69, 9.17) is 11.6 Å². The van der Waals surface area contributed by atoms with Crippen molar-refractivity contribution in [3.05, 3.63) is 28.2 Å². The van der Waals surface area contributed by atoms with Crippen LogP contribution in [-0.4, -0.2) is 6.54 Å². The number of hydrogen-bond donors (Lipinski definition) is 2. The highest BCUT2D eigenvalue weighted by atomic mass is 79.9. The number of halogens is 2. The molecule has 1 aliphatic rings. The molecule has 0 aromatic heterocycles. The van der Waals surface area contributed by atoms with E-state index in [1.807, 2.05) is 18.2 Å². The monoisotopic (exact) mass is 246 g/mol. The van der Waals surface area contributed by atoms with Crippen LogP contribution in [0.2, 0.25) is 0 Å². The highest BCUT2D eigenvalue weighted by Gasteiger charge is 2.16. The smallest absolute Gasteiger partial charge is 0.0748 e. The van der Waals surface area contributed by atoms with E-state index in [2.05, 4.69) is 26.8 Å². The number of alkyl halides is 1. The van der Waals surface area contributed by atoms with Crippen molar-refractivity contribution < 1.29 is 0 Å². The van der Waals surface area contributed by atoms with E-state index in [0.717, 1.165) is 22.3 Å². The Kier molecular flexibility index (Phi) is 2.26. The number of rotatable bonds is 0. The highest BCUT2D eigenvalue weighted by molar-refractivity contribution is 9.10.